The molecule has 1 saturated carbocycles. The van der Waals surface area contributed by atoms with Gasteiger partial charge in [0, 0.05) is 33.0 Å². The van der Waals surface area contributed by atoms with E-state index in [9.17, 15) is 4.79 Å². The second-order valence-corrected chi connectivity index (χ2v) is 12.5. The Labute approximate surface area is 234 Å². The predicted molar refractivity (Wildman–Crippen MR) is 150 cm³/mol. The summed E-state index contributed by atoms with van der Waals surface area (Å²) in [6, 6.07) is 15.8. The first-order valence-corrected chi connectivity index (χ1v) is 14.6. The van der Waals surface area contributed by atoms with E-state index in [1.807, 2.05) is 49.4 Å². The normalized spacial score (nSPS) is 21.3. The first kappa shape index (κ1) is 23.4. The number of benzene rings is 2. The molecule has 8 rings (SSSR count). The standard InChI is InChI=1S/C30H26ClN5O2S/c1-16-34-35-29-30(10-11-30)33-27(18-6-2-4-8-21(18)31)26-20-12-17(13-24(20)39-28(26)36(16)29)14-25(37)32-22-15-38-23-9-5-3-7-19(22)23/h2-9,17,22H,10-15H2,1H3,(H,32,37)/t17-,22?/m0/s1. The molecule has 2 aromatic heterocycles. The number of nitrogens with one attached hydrogen (secondary N) is 1. The van der Waals surface area contributed by atoms with Crippen LogP contribution in [0, 0.1) is 12.8 Å². The minimum atomic E-state index is -0.348. The van der Waals surface area contributed by atoms with Crippen LogP contribution in [0.4, 0.5) is 0 Å². The number of carbonyl (C=O) groups is 1. The Morgan fingerprint density at radius 1 is 1.15 bits per heavy atom. The fraction of sp³-hybridized carbons (Fsp3) is 0.333. The molecule has 1 fully saturated rings. The quantitative estimate of drug-likeness (QED) is 0.361. The highest BCUT2D eigenvalue weighted by Crippen LogP contribution is 2.54. The molecule has 1 amide bonds. The van der Waals surface area contributed by atoms with E-state index >= 15 is 0 Å². The number of aryl methyl sites for hydroxylation is 1. The zero-order valence-corrected chi connectivity index (χ0v) is 23.0. The Balaban J connectivity index is 1.13. The maximum atomic E-state index is 13.2. The van der Waals surface area contributed by atoms with Gasteiger partial charge in [0.05, 0.1) is 11.8 Å². The van der Waals surface area contributed by atoms with E-state index in [1.165, 1.54) is 10.4 Å². The zero-order chi connectivity index (χ0) is 26.3. The van der Waals surface area contributed by atoms with Crippen molar-refractivity contribution in [2.24, 2.45) is 10.9 Å². The Morgan fingerprint density at radius 3 is 2.82 bits per heavy atom. The Morgan fingerprint density at radius 2 is 1.97 bits per heavy atom. The van der Waals surface area contributed by atoms with E-state index in [0.717, 1.165) is 70.5 Å². The number of halogens is 1. The molecule has 9 heteroatoms. The third-order valence-corrected chi connectivity index (χ3v) is 9.98. The molecule has 4 aliphatic rings. The van der Waals surface area contributed by atoms with Gasteiger partial charge in [-0.25, -0.2) is 0 Å². The molecular weight excluding hydrogens is 530 g/mol. The SMILES string of the molecule is Cc1nnc2n1-c1sc3c(c1C(c1ccccc1Cl)=NC21CC1)C[C@H](CC(=O)NC1COc2ccccc21)C3. The number of amides is 1. The van der Waals surface area contributed by atoms with Crippen LogP contribution < -0.4 is 10.1 Å². The lowest BCUT2D eigenvalue weighted by Gasteiger charge is -2.15. The summed E-state index contributed by atoms with van der Waals surface area (Å²) < 4.78 is 7.98. The maximum absolute atomic E-state index is 13.2. The van der Waals surface area contributed by atoms with Gasteiger partial charge in [-0.1, -0.05) is 48.0 Å². The van der Waals surface area contributed by atoms with E-state index in [0.29, 0.717) is 18.1 Å². The first-order chi connectivity index (χ1) is 19.0. The molecule has 1 unspecified atom stereocenters. The van der Waals surface area contributed by atoms with Gasteiger partial charge in [-0.3, -0.25) is 14.4 Å². The zero-order valence-electron chi connectivity index (χ0n) is 21.4. The number of aromatic nitrogens is 3. The van der Waals surface area contributed by atoms with E-state index in [1.54, 1.807) is 11.3 Å². The minimum absolute atomic E-state index is 0.0698. The summed E-state index contributed by atoms with van der Waals surface area (Å²) in [5, 5.41) is 14.1. The van der Waals surface area contributed by atoms with Gasteiger partial charge in [0.1, 0.15) is 28.7 Å². The molecule has 1 spiro atoms. The average molecular weight is 556 g/mol. The number of fused-ring (bicyclic) bond motifs is 7. The summed E-state index contributed by atoms with van der Waals surface area (Å²) >= 11 is 8.56. The van der Waals surface area contributed by atoms with Crippen molar-refractivity contribution in [3.63, 3.8) is 0 Å². The van der Waals surface area contributed by atoms with Crippen LogP contribution in [0.2, 0.25) is 5.02 Å². The molecule has 0 radical (unpaired) electrons. The summed E-state index contributed by atoms with van der Waals surface area (Å²) in [6.07, 6.45) is 4.09. The Kier molecular flexibility index (Phi) is 5.10. The Hall–Kier alpha value is -3.49. The number of carbonyl (C=O) groups excluding carboxylic acids is 1. The highest BCUT2D eigenvalue weighted by atomic mass is 35.5. The fourth-order valence-electron chi connectivity index (χ4n) is 6.37. The number of ether oxygens (including phenoxy) is 1. The van der Waals surface area contributed by atoms with E-state index < -0.39 is 0 Å². The second kappa shape index (κ2) is 8.50. The van der Waals surface area contributed by atoms with Gasteiger partial charge in [0.25, 0.3) is 0 Å². The van der Waals surface area contributed by atoms with Gasteiger partial charge in [-0.05, 0) is 56.2 Å². The highest BCUT2D eigenvalue weighted by molar-refractivity contribution is 7.15. The largest absolute Gasteiger partial charge is 0.491 e. The number of thiophene rings is 1. The van der Waals surface area contributed by atoms with Crippen molar-refractivity contribution >= 4 is 34.6 Å². The fourth-order valence-corrected chi connectivity index (χ4v) is 8.09. The minimum Gasteiger partial charge on any atom is -0.491 e. The molecule has 4 aromatic rings. The smallest absolute Gasteiger partial charge is 0.220 e. The van der Waals surface area contributed by atoms with Gasteiger partial charge in [-0.15, -0.1) is 21.5 Å². The van der Waals surface area contributed by atoms with E-state index in [-0.39, 0.29) is 23.4 Å². The molecule has 1 N–H and O–H groups in total. The maximum Gasteiger partial charge on any atom is 0.220 e. The number of rotatable bonds is 4. The molecule has 2 aliphatic heterocycles. The van der Waals surface area contributed by atoms with Gasteiger partial charge in [-0.2, -0.15) is 0 Å². The first-order valence-electron chi connectivity index (χ1n) is 13.4. The summed E-state index contributed by atoms with van der Waals surface area (Å²) in [7, 11) is 0. The van der Waals surface area contributed by atoms with Crippen LogP contribution in [0.15, 0.2) is 53.5 Å². The lowest BCUT2D eigenvalue weighted by Crippen LogP contribution is -2.31. The molecule has 2 aliphatic carbocycles. The van der Waals surface area contributed by atoms with Crippen molar-refractivity contribution in [2.45, 2.75) is 50.6 Å². The van der Waals surface area contributed by atoms with Crippen molar-refractivity contribution in [3.8, 4) is 10.8 Å². The monoisotopic (exact) mass is 555 g/mol. The van der Waals surface area contributed by atoms with Crippen molar-refractivity contribution in [1.29, 1.82) is 0 Å². The van der Waals surface area contributed by atoms with Crippen molar-refractivity contribution in [3.05, 3.63) is 92.3 Å². The Bertz CT molecular complexity index is 1700. The van der Waals surface area contributed by atoms with Crippen molar-refractivity contribution < 1.29 is 9.53 Å². The van der Waals surface area contributed by atoms with Crippen LogP contribution in [0.5, 0.6) is 5.75 Å². The van der Waals surface area contributed by atoms with Crippen LogP contribution >= 0.6 is 22.9 Å². The van der Waals surface area contributed by atoms with Crippen molar-refractivity contribution in [1.82, 2.24) is 20.1 Å². The summed E-state index contributed by atoms with van der Waals surface area (Å²) in [5.41, 5.74) is 5.02. The van der Waals surface area contributed by atoms with Crippen LogP contribution in [-0.4, -0.2) is 33.0 Å². The summed E-state index contributed by atoms with van der Waals surface area (Å²) in [5.74, 6) is 2.97. The number of hydrogen-bond acceptors (Lipinski definition) is 6. The molecule has 2 atom stereocenters. The number of nitrogens with zero attached hydrogens (tertiary/aromatic N) is 4. The second-order valence-electron chi connectivity index (χ2n) is 11.0. The number of para-hydroxylation sites is 1. The summed E-state index contributed by atoms with van der Waals surface area (Å²) in [6.45, 7) is 2.50. The molecular formula is C30H26ClN5O2S. The van der Waals surface area contributed by atoms with Gasteiger partial charge in [0.15, 0.2) is 5.82 Å². The van der Waals surface area contributed by atoms with Gasteiger partial charge >= 0.3 is 0 Å². The number of hydrogen-bond donors (Lipinski definition) is 1. The third kappa shape index (κ3) is 3.61. The topological polar surface area (TPSA) is 81.4 Å². The lowest BCUT2D eigenvalue weighted by atomic mass is 9.96. The van der Waals surface area contributed by atoms with Crippen LogP contribution in [-0.2, 0) is 23.2 Å². The molecule has 196 valence electrons. The lowest BCUT2D eigenvalue weighted by molar-refractivity contribution is -0.122. The van der Waals surface area contributed by atoms with Crippen LogP contribution in [0.25, 0.3) is 5.00 Å². The molecule has 39 heavy (non-hydrogen) atoms. The van der Waals surface area contributed by atoms with Crippen LogP contribution in [0.3, 0.4) is 0 Å². The predicted octanol–water partition coefficient (Wildman–Crippen LogP) is 5.49. The van der Waals surface area contributed by atoms with Crippen molar-refractivity contribution in [2.75, 3.05) is 6.61 Å². The highest BCUT2D eigenvalue weighted by Gasteiger charge is 2.52. The summed E-state index contributed by atoms with van der Waals surface area (Å²) in [4.78, 5) is 19.9. The molecule has 4 heterocycles. The van der Waals surface area contributed by atoms with E-state index in [4.69, 9.17) is 21.3 Å². The molecule has 0 bridgehead atoms. The van der Waals surface area contributed by atoms with Gasteiger partial charge in [0.2, 0.25) is 5.91 Å². The van der Waals surface area contributed by atoms with E-state index in [2.05, 4.69) is 26.1 Å². The average Bonchev–Trinajstić information content (AvgIpc) is 3.19. The van der Waals surface area contributed by atoms with Crippen LogP contribution in [0.1, 0.15) is 64.1 Å². The molecule has 2 aromatic carbocycles. The molecule has 7 nitrogen and oxygen atoms in total. The third-order valence-electron chi connectivity index (χ3n) is 8.41. The van der Waals surface area contributed by atoms with Gasteiger partial charge < -0.3 is 10.1 Å². The number of aliphatic imine (C=N–C) groups is 1. The molecule has 0 saturated heterocycles.